The Morgan fingerprint density at radius 3 is 2.56 bits per heavy atom. The Bertz CT molecular complexity index is 752. The summed E-state index contributed by atoms with van der Waals surface area (Å²) in [5.41, 5.74) is 0.0696. The molecule has 0 bridgehead atoms. The Kier molecular flexibility index (Phi) is 5.17. The van der Waals surface area contributed by atoms with Gasteiger partial charge in [0, 0.05) is 0 Å². The molecule has 3 rings (SSSR count). The Labute approximate surface area is 152 Å². The van der Waals surface area contributed by atoms with Gasteiger partial charge in [0.25, 0.3) is 0 Å². The van der Waals surface area contributed by atoms with Crippen LogP contribution >= 0.6 is 0 Å². The maximum atomic E-state index is 12.2. The van der Waals surface area contributed by atoms with Crippen LogP contribution in [0.15, 0.2) is 24.3 Å². The monoisotopic (exact) mass is 383 g/mol. The maximum absolute atomic E-state index is 12.2. The van der Waals surface area contributed by atoms with E-state index in [-0.39, 0.29) is 11.4 Å². The molecule has 1 aromatic rings. The summed E-state index contributed by atoms with van der Waals surface area (Å²) in [4.78, 5) is 35.0. The summed E-state index contributed by atoms with van der Waals surface area (Å²) in [5.74, 6) is -2.67. The summed E-state index contributed by atoms with van der Waals surface area (Å²) in [6.07, 6.45) is -8.57. The van der Waals surface area contributed by atoms with Crippen molar-refractivity contribution >= 4 is 23.7 Å². The van der Waals surface area contributed by atoms with Crippen LogP contribution in [0.4, 0.5) is 10.5 Å². The van der Waals surface area contributed by atoms with Gasteiger partial charge >= 0.3 is 18.0 Å². The van der Waals surface area contributed by atoms with Crippen LogP contribution in [0.5, 0.6) is 5.75 Å². The second-order valence-corrected chi connectivity index (χ2v) is 6.01. The predicted molar refractivity (Wildman–Crippen MR) is 84.7 cm³/mol. The highest BCUT2D eigenvalue weighted by molar-refractivity contribution is 5.92. The van der Waals surface area contributed by atoms with Crippen molar-refractivity contribution in [3.05, 3.63) is 24.3 Å². The lowest BCUT2D eigenvalue weighted by molar-refractivity contribution is -0.215. The lowest BCUT2D eigenvalue weighted by Crippen LogP contribution is -2.60. The number of aliphatic carboxylic acids is 1. The molecule has 0 aliphatic carbocycles. The van der Waals surface area contributed by atoms with E-state index in [0.29, 0.717) is 0 Å². The van der Waals surface area contributed by atoms with Crippen molar-refractivity contribution in [2.75, 3.05) is 11.5 Å². The lowest BCUT2D eigenvalue weighted by atomic mass is 9.98. The van der Waals surface area contributed by atoms with Crippen molar-refractivity contribution in [2.24, 2.45) is 0 Å². The summed E-state index contributed by atoms with van der Waals surface area (Å²) in [6, 6.07) is 5.88. The SMILES string of the molecule is O=C(O)CC(=O)OC[C@H]1O[C@@H]2[C@H](OC(=O)N2c2ccccc2O)[C@@H](O)[C@@H]1O. The number of benzene rings is 1. The van der Waals surface area contributed by atoms with Gasteiger partial charge in [-0.3, -0.25) is 9.59 Å². The minimum absolute atomic E-state index is 0.0696. The van der Waals surface area contributed by atoms with E-state index in [1.807, 2.05) is 0 Å². The van der Waals surface area contributed by atoms with Crippen LogP contribution in [-0.2, 0) is 23.8 Å². The van der Waals surface area contributed by atoms with Crippen LogP contribution in [0.1, 0.15) is 6.42 Å². The number of anilines is 1. The molecule has 0 aromatic heterocycles. The van der Waals surface area contributed by atoms with E-state index < -0.39 is 61.7 Å². The zero-order valence-electron chi connectivity index (χ0n) is 13.8. The van der Waals surface area contributed by atoms with E-state index in [1.54, 1.807) is 12.1 Å². The van der Waals surface area contributed by atoms with E-state index in [4.69, 9.17) is 19.3 Å². The van der Waals surface area contributed by atoms with Crippen molar-refractivity contribution in [3.8, 4) is 5.75 Å². The van der Waals surface area contributed by atoms with Gasteiger partial charge in [-0.15, -0.1) is 0 Å². The molecular weight excluding hydrogens is 366 g/mol. The van der Waals surface area contributed by atoms with Gasteiger partial charge in [-0.25, -0.2) is 9.69 Å². The molecule has 2 aliphatic heterocycles. The van der Waals surface area contributed by atoms with Crippen LogP contribution in [0.25, 0.3) is 0 Å². The predicted octanol–water partition coefficient (Wildman–Crippen LogP) is -0.818. The van der Waals surface area contributed by atoms with E-state index in [0.717, 1.165) is 4.90 Å². The summed E-state index contributed by atoms with van der Waals surface area (Å²) in [6.45, 7) is -0.545. The van der Waals surface area contributed by atoms with Crippen molar-refractivity contribution in [1.82, 2.24) is 0 Å². The highest BCUT2D eigenvalue weighted by atomic mass is 16.6. The van der Waals surface area contributed by atoms with Crippen molar-refractivity contribution in [2.45, 2.75) is 37.1 Å². The number of carbonyl (C=O) groups is 3. The number of esters is 1. The fourth-order valence-corrected chi connectivity index (χ4v) is 2.92. The fraction of sp³-hybridized carbons (Fsp3) is 0.438. The molecule has 0 spiro atoms. The van der Waals surface area contributed by atoms with Crippen molar-refractivity contribution in [1.29, 1.82) is 0 Å². The standard InChI is InChI=1S/C16H17NO10/c18-8-4-2-1-3-7(8)17-15-14(27-16(17)24)13(23)12(22)9(26-15)6-25-11(21)5-10(19)20/h1-4,9,12-15,18,22-23H,5-6H2,(H,19,20)/t9-,12-,13+,14-,15-/m1/s1. The van der Waals surface area contributed by atoms with Crippen LogP contribution in [0.3, 0.4) is 0 Å². The van der Waals surface area contributed by atoms with Crippen LogP contribution in [0, 0.1) is 0 Å². The average molecular weight is 383 g/mol. The Morgan fingerprint density at radius 2 is 1.89 bits per heavy atom. The molecular formula is C16H17NO10. The first-order valence-electron chi connectivity index (χ1n) is 7.96. The minimum atomic E-state index is -1.55. The summed E-state index contributed by atoms with van der Waals surface area (Å²) in [5, 5.41) is 38.9. The normalized spacial score (nSPS) is 29.8. The zero-order chi connectivity index (χ0) is 19.7. The van der Waals surface area contributed by atoms with Crippen LogP contribution in [0.2, 0.25) is 0 Å². The number of carbonyl (C=O) groups excluding carboxylic acids is 2. The Morgan fingerprint density at radius 1 is 1.19 bits per heavy atom. The third-order valence-corrected chi connectivity index (χ3v) is 4.20. The number of aliphatic hydroxyl groups is 2. The second kappa shape index (κ2) is 7.39. The molecule has 27 heavy (non-hydrogen) atoms. The number of phenols is 1. The topological polar surface area (TPSA) is 163 Å². The third kappa shape index (κ3) is 3.65. The third-order valence-electron chi connectivity index (χ3n) is 4.20. The minimum Gasteiger partial charge on any atom is -0.506 e. The van der Waals surface area contributed by atoms with Crippen LogP contribution < -0.4 is 4.90 Å². The van der Waals surface area contributed by atoms with Gasteiger partial charge in [-0.05, 0) is 12.1 Å². The number of amides is 1. The van der Waals surface area contributed by atoms with Crippen molar-refractivity contribution < 1.29 is 49.0 Å². The number of hydrogen-bond donors (Lipinski definition) is 4. The van der Waals surface area contributed by atoms with E-state index in [2.05, 4.69) is 0 Å². The van der Waals surface area contributed by atoms with E-state index in [1.165, 1.54) is 12.1 Å². The quantitative estimate of drug-likeness (QED) is 0.373. The Hall–Kier alpha value is -2.89. The molecule has 0 radical (unpaired) electrons. The molecule has 0 saturated carbocycles. The maximum Gasteiger partial charge on any atom is 0.417 e. The number of hydrogen-bond acceptors (Lipinski definition) is 9. The molecule has 2 saturated heterocycles. The zero-order valence-corrected chi connectivity index (χ0v) is 13.8. The van der Waals surface area contributed by atoms with Gasteiger partial charge in [0.05, 0.1) is 5.69 Å². The number of carboxylic acid groups (broad SMARTS) is 1. The van der Waals surface area contributed by atoms with Crippen LogP contribution in [-0.4, -0.2) is 75.7 Å². The van der Waals surface area contributed by atoms with E-state index in [9.17, 15) is 29.7 Å². The molecule has 4 N–H and O–H groups in total. The molecule has 146 valence electrons. The average Bonchev–Trinajstić information content (AvgIpc) is 2.93. The summed E-state index contributed by atoms with van der Waals surface area (Å²) >= 11 is 0. The molecule has 2 aliphatic rings. The number of nitrogens with zero attached hydrogens (tertiary/aromatic N) is 1. The molecule has 11 nitrogen and oxygen atoms in total. The van der Waals surface area contributed by atoms with Gasteiger partial charge in [0.15, 0.2) is 12.3 Å². The molecule has 11 heteroatoms. The smallest absolute Gasteiger partial charge is 0.417 e. The van der Waals surface area contributed by atoms with Crippen molar-refractivity contribution in [3.63, 3.8) is 0 Å². The van der Waals surface area contributed by atoms with Gasteiger partial charge in [0.2, 0.25) is 0 Å². The van der Waals surface area contributed by atoms with E-state index >= 15 is 0 Å². The molecule has 0 unspecified atom stereocenters. The Balaban J connectivity index is 1.78. The number of rotatable bonds is 5. The number of fused-ring (bicyclic) bond motifs is 1. The highest BCUT2D eigenvalue weighted by Crippen LogP contribution is 2.38. The first-order valence-corrected chi connectivity index (χ1v) is 7.96. The molecule has 5 atom stereocenters. The highest BCUT2D eigenvalue weighted by Gasteiger charge is 2.55. The molecule has 2 fully saturated rings. The fourth-order valence-electron chi connectivity index (χ4n) is 2.92. The van der Waals surface area contributed by atoms with Gasteiger partial charge < -0.3 is 34.6 Å². The first kappa shape index (κ1) is 18.9. The number of ether oxygens (including phenoxy) is 3. The molecule has 1 amide bonds. The number of aromatic hydroxyl groups is 1. The molecule has 1 aromatic carbocycles. The van der Waals surface area contributed by atoms with Gasteiger partial charge in [0.1, 0.15) is 37.1 Å². The number of carboxylic acids is 1. The number of aliphatic hydroxyl groups excluding tert-OH is 2. The largest absolute Gasteiger partial charge is 0.506 e. The van der Waals surface area contributed by atoms with Gasteiger partial charge in [-0.2, -0.15) is 0 Å². The summed E-state index contributed by atoms with van der Waals surface area (Å²) < 4.78 is 15.4. The van der Waals surface area contributed by atoms with Gasteiger partial charge in [-0.1, -0.05) is 12.1 Å². The summed E-state index contributed by atoms with van der Waals surface area (Å²) in [7, 11) is 0. The first-order chi connectivity index (χ1) is 12.8. The number of para-hydroxylation sites is 2. The second-order valence-electron chi connectivity index (χ2n) is 6.01. The number of phenolic OH excluding ortho intramolecular Hbond substituents is 1. The molecule has 2 heterocycles. The lowest BCUT2D eigenvalue weighted by Gasteiger charge is -2.39.